The molecule has 0 aliphatic carbocycles. The molecule has 0 bridgehead atoms. The van der Waals surface area contributed by atoms with Crippen LogP contribution in [0.3, 0.4) is 0 Å². The fourth-order valence-electron chi connectivity index (χ4n) is 3.47. The Balaban J connectivity index is 1.33. The molecule has 1 amide bonds. The number of aromatic nitrogens is 1. The molecule has 4 rings (SSSR count). The van der Waals surface area contributed by atoms with Crippen LogP contribution in [0.5, 0.6) is 11.5 Å². The molecule has 9 nitrogen and oxygen atoms in total. The average molecular weight is 579 g/mol. The SMILES string of the molecule is CCOC(=O)COc1ccc(/C=N\NC(=O)c2ccc(-c3csc(Nc4ccc(Cl)cc4)n3)cc2)cc1OCC. The number of hydrogen-bond donors (Lipinski definition) is 2. The fraction of sp³-hybridized carbons (Fsp3) is 0.172. The van der Waals surface area contributed by atoms with Crippen molar-refractivity contribution in [3.63, 3.8) is 0 Å². The minimum Gasteiger partial charge on any atom is -0.490 e. The summed E-state index contributed by atoms with van der Waals surface area (Å²) in [6, 6.07) is 19.6. The van der Waals surface area contributed by atoms with Crippen LogP contribution in [0, 0.1) is 0 Å². The number of benzene rings is 3. The number of anilines is 2. The summed E-state index contributed by atoms with van der Waals surface area (Å²) < 4.78 is 16.0. The normalized spacial score (nSPS) is 10.8. The predicted molar refractivity (Wildman–Crippen MR) is 157 cm³/mol. The second-order valence-electron chi connectivity index (χ2n) is 8.18. The maximum absolute atomic E-state index is 12.6. The van der Waals surface area contributed by atoms with Crippen LogP contribution in [-0.4, -0.2) is 42.9 Å². The van der Waals surface area contributed by atoms with E-state index in [0.717, 1.165) is 22.1 Å². The summed E-state index contributed by atoms with van der Waals surface area (Å²) in [5.74, 6) is 0.0369. The monoisotopic (exact) mass is 578 g/mol. The lowest BCUT2D eigenvalue weighted by Gasteiger charge is -2.12. The fourth-order valence-corrected chi connectivity index (χ4v) is 4.34. The molecular weight excluding hydrogens is 552 g/mol. The highest BCUT2D eigenvalue weighted by molar-refractivity contribution is 7.14. The van der Waals surface area contributed by atoms with Crippen molar-refractivity contribution in [3.05, 3.63) is 88.3 Å². The molecule has 0 radical (unpaired) electrons. The van der Waals surface area contributed by atoms with Gasteiger partial charge in [-0.05, 0) is 74.0 Å². The number of hydrogen-bond acceptors (Lipinski definition) is 9. The first-order valence-electron chi connectivity index (χ1n) is 12.4. The van der Waals surface area contributed by atoms with Crippen LogP contribution in [0.15, 0.2) is 77.2 Å². The van der Waals surface area contributed by atoms with Crippen LogP contribution in [-0.2, 0) is 9.53 Å². The molecule has 0 atom stereocenters. The molecule has 0 saturated carbocycles. The van der Waals surface area contributed by atoms with Crippen molar-refractivity contribution in [1.82, 2.24) is 10.4 Å². The molecule has 0 spiro atoms. The van der Waals surface area contributed by atoms with E-state index >= 15 is 0 Å². The van der Waals surface area contributed by atoms with E-state index < -0.39 is 5.97 Å². The van der Waals surface area contributed by atoms with Gasteiger partial charge < -0.3 is 19.5 Å². The zero-order valence-corrected chi connectivity index (χ0v) is 23.4. The summed E-state index contributed by atoms with van der Waals surface area (Å²) in [7, 11) is 0. The van der Waals surface area contributed by atoms with Crippen LogP contribution in [0.2, 0.25) is 5.02 Å². The minimum atomic E-state index is -0.464. The van der Waals surface area contributed by atoms with Crippen LogP contribution in [0.25, 0.3) is 11.3 Å². The number of ether oxygens (including phenoxy) is 3. The molecule has 3 aromatic carbocycles. The lowest BCUT2D eigenvalue weighted by Crippen LogP contribution is -2.17. The quantitative estimate of drug-likeness (QED) is 0.115. The Bertz CT molecular complexity index is 1470. The lowest BCUT2D eigenvalue weighted by molar-refractivity contribution is -0.145. The number of halogens is 1. The number of esters is 1. The second kappa shape index (κ2) is 14.1. The first kappa shape index (κ1) is 28.6. The minimum absolute atomic E-state index is 0.222. The van der Waals surface area contributed by atoms with E-state index in [0.29, 0.717) is 34.3 Å². The van der Waals surface area contributed by atoms with Gasteiger partial charge in [0.15, 0.2) is 23.2 Å². The molecule has 0 aliphatic rings. The zero-order chi connectivity index (χ0) is 28.3. The highest BCUT2D eigenvalue weighted by Crippen LogP contribution is 2.29. The van der Waals surface area contributed by atoms with E-state index in [2.05, 4.69) is 20.8 Å². The average Bonchev–Trinajstić information content (AvgIpc) is 3.43. The van der Waals surface area contributed by atoms with Gasteiger partial charge in [0.2, 0.25) is 0 Å². The lowest BCUT2D eigenvalue weighted by atomic mass is 10.1. The topological polar surface area (TPSA) is 111 Å². The van der Waals surface area contributed by atoms with Gasteiger partial charge in [-0.25, -0.2) is 15.2 Å². The van der Waals surface area contributed by atoms with Gasteiger partial charge in [0.05, 0.1) is 25.1 Å². The second-order valence-corrected chi connectivity index (χ2v) is 9.47. The van der Waals surface area contributed by atoms with Crippen molar-refractivity contribution in [3.8, 4) is 22.8 Å². The highest BCUT2D eigenvalue weighted by Gasteiger charge is 2.11. The van der Waals surface area contributed by atoms with Gasteiger partial charge in [0.25, 0.3) is 5.91 Å². The summed E-state index contributed by atoms with van der Waals surface area (Å²) in [5, 5.41) is 10.7. The molecule has 1 heterocycles. The molecule has 0 saturated heterocycles. The van der Waals surface area contributed by atoms with Crippen molar-refractivity contribution >= 4 is 51.8 Å². The first-order valence-corrected chi connectivity index (χ1v) is 13.7. The van der Waals surface area contributed by atoms with Gasteiger partial charge in [-0.1, -0.05) is 23.7 Å². The third-order valence-electron chi connectivity index (χ3n) is 5.34. The third kappa shape index (κ3) is 8.05. The Labute approximate surface area is 240 Å². The van der Waals surface area contributed by atoms with Crippen molar-refractivity contribution < 1.29 is 23.8 Å². The Morgan fingerprint density at radius 3 is 2.48 bits per heavy atom. The summed E-state index contributed by atoms with van der Waals surface area (Å²) >= 11 is 7.42. The summed E-state index contributed by atoms with van der Waals surface area (Å²) in [4.78, 5) is 28.8. The highest BCUT2D eigenvalue weighted by atomic mass is 35.5. The molecular formula is C29H27ClN4O5S. The smallest absolute Gasteiger partial charge is 0.344 e. The molecule has 0 unspecified atom stereocenters. The van der Waals surface area contributed by atoms with E-state index in [-0.39, 0.29) is 19.1 Å². The number of amides is 1. The number of hydrazone groups is 1. The van der Waals surface area contributed by atoms with Gasteiger partial charge in [-0.15, -0.1) is 11.3 Å². The Morgan fingerprint density at radius 2 is 1.75 bits per heavy atom. The Morgan fingerprint density at radius 1 is 0.975 bits per heavy atom. The zero-order valence-electron chi connectivity index (χ0n) is 21.8. The van der Waals surface area contributed by atoms with E-state index in [4.69, 9.17) is 25.8 Å². The van der Waals surface area contributed by atoms with E-state index in [1.165, 1.54) is 17.6 Å². The molecule has 11 heteroatoms. The number of rotatable bonds is 12. The van der Waals surface area contributed by atoms with Crippen LogP contribution in [0.4, 0.5) is 10.8 Å². The molecule has 40 heavy (non-hydrogen) atoms. The summed E-state index contributed by atoms with van der Waals surface area (Å²) in [6.07, 6.45) is 1.49. The summed E-state index contributed by atoms with van der Waals surface area (Å²) in [6.45, 7) is 4.03. The molecule has 0 aliphatic heterocycles. The number of nitrogens with one attached hydrogen (secondary N) is 2. The number of carbonyl (C=O) groups excluding carboxylic acids is 2. The van der Waals surface area contributed by atoms with Gasteiger partial charge in [-0.3, -0.25) is 4.79 Å². The largest absolute Gasteiger partial charge is 0.490 e. The van der Waals surface area contributed by atoms with Crippen molar-refractivity contribution in [2.24, 2.45) is 5.10 Å². The molecule has 206 valence electrons. The molecule has 0 fully saturated rings. The maximum atomic E-state index is 12.6. The molecule has 4 aromatic rings. The van der Waals surface area contributed by atoms with Gasteiger partial charge in [0, 0.05) is 27.2 Å². The first-order chi connectivity index (χ1) is 19.4. The Kier molecular flexibility index (Phi) is 10.1. The number of nitrogens with zero attached hydrogens (tertiary/aromatic N) is 2. The molecule has 1 aromatic heterocycles. The van der Waals surface area contributed by atoms with E-state index in [1.54, 1.807) is 37.3 Å². The van der Waals surface area contributed by atoms with Crippen LogP contribution in [0.1, 0.15) is 29.8 Å². The van der Waals surface area contributed by atoms with E-state index in [1.807, 2.05) is 48.7 Å². The Hall–Kier alpha value is -4.41. The summed E-state index contributed by atoms with van der Waals surface area (Å²) in [5.41, 5.74) is 6.23. The predicted octanol–water partition coefficient (Wildman–Crippen LogP) is 6.31. The van der Waals surface area contributed by atoms with E-state index in [9.17, 15) is 9.59 Å². The number of carbonyl (C=O) groups is 2. The number of thiazole rings is 1. The maximum Gasteiger partial charge on any atom is 0.344 e. The van der Waals surface area contributed by atoms with Crippen molar-refractivity contribution in [2.75, 3.05) is 25.1 Å². The third-order valence-corrected chi connectivity index (χ3v) is 6.35. The van der Waals surface area contributed by atoms with Crippen molar-refractivity contribution in [1.29, 1.82) is 0 Å². The van der Waals surface area contributed by atoms with Gasteiger partial charge in [0.1, 0.15) is 0 Å². The standard InChI is InChI=1S/C29H27ClN4O5S/c1-3-37-26-15-19(5-14-25(26)39-17-27(35)38-4-2)16-31-34-28(36)21-8-6-20(7-9-21)24-18-40-29(33-24)32-23-12-10-22(30)11-13-23/h5-16,18H,3-4,17H2,1-2H3,(H,32,33)(H,34,36)/b31-16-. The van der Waals surface area contributed by atoms with Crippen LogP contribution >= 0.6 is 22.9 Å². The molecule has 2 N–H and O–H groups in total. The van der Waals surface area contributed by atoms with Gasteiger partial charge >= 0.3 is 5.97 Å². The van der Waals surface area contributed by atoms with Crippen LogP contribution < -0.4 is 20.2 Å². The van der Waals surface area contributed by atoms with Crippen molar-refractivity contribution in [2.45, 2.75) is 13.8 Å². The van der Waals surface area contributed by atoms with Gasteiger partial charge in [-0.2, -0.15) is 5.10 Å².